The van der Waals surface area contributed by atoms with Gasteiger partial charge < -0.3 is 24.2 Å². The van der Waals surface area contributed by atoms with Crippen molar-refractivity contribution in [1.82, 2.24) is 4.90 Å². The van der Waals surface area contributed by atoms with Crippen LogP contribution in [0.4, 0.5) is 0 Å². The molecule has 1 aliphatic heterocycles. The predicted molar refractivity (Wildman–Crippen MR) is 174 cm³/mol. The minimum absolute atomic E-state index is 0.178. The Morgan fingerprint density at radius 3 is 1.84 bits per heavy atom. The number of aliphatic hydroxyl groups is 1. The highest BCUT2D eigenvalue weighted by atomic mass is 16.6. The molecule has 3 atom stereocenters. The molecule has 240 valence electrons. The first-order chi connectivity index (χ1) is 21.6. The summed E-state index contributed by atoms with van der Waals surface area (Å²) in [4.78, 5) is 27.9. The smallest absolute Gasteiger partial charge is 0.347 e. The number of carbonyl (C=O) groups excluding carboxylic acids is 2. The van der Waals surface area contributed by atoms with Crippen LogP contribution in [0.3, 0.4) is 0 Å². The molecule has 3 aromatic carbocycles. The first-order valence-corrected chi connectivity index (χ1v) is 16.2. The average molecular weight is 614 g/mol. The van der Waals surface area contributed by atoms with Crippen molar-refractivity contribution in [1.29, 1.82) is 0 Å². The van der Waals surface area contributed by atoms with E-state index in [1.54, 1.807) is 24.3 Å². The molecule has 2 aliphatic rings. The van der Waals surface area contributed by atoms with Gasteiger partial charge in [-0.3, -0.25) is 4.79 Å². The van der Waals surface area contributed by atoms with Crippen LogP contribution in [0.25, 0.3) is 0 Å². The number of benzene rings is 3. The fourth-order valence-electron chi connectivity index (χ4n) is 6.62. The van der Waals surface area contributed by atoms with Crippen LogP contribution in [0.2, 0.25) is 0 Å². The molecular formula is C38H47NO6. The molecule has 3 aromatic rings. The largest absolute Gasteiger partial charge is 0.460 e. The first kappa shape index (κ1) is 32.9. The monoisotopic (exact) mass is 613 g/mol. The van der Waals surface area contributed by atoms with Gasteiger partial charge >= 0.3 is 11.9 Å². The molecule has 0 aromatic heterocycles. The highest BCUT2D eigenvalue weighted by molar-refractivity contribution is 5.85. The Morgan fingerprint density at radius 2 is 1.31 bits per heavy atom. The van der Waals surface area contributed by atoms with Crippen LogP contribution in [-0.4, -0.2) is 66.5 Å². The number of ether oxygens (including phenoxy) is 3. The zero-order valence-corrected chi connectivity index (χ0v) is 26.8. The Bertz CT molecular complexity index is 1330. The summed E-state index contributed by atoms with van der Waals surface area (Å²) in [5, 5.41) is 11.7. The van der Waals surface area contributed by atoms with Gasteiger partial charge in [0.1, 0.15) is 11.7 Å². The van der Waals surface area contributed by atoms with Crippen LogP contribution in [0, 0.1) is 11.8 Å². The quantitative estimate of drug-likeness (QED) is 0.195. The van der Waals surface area contributed by atoms with Gasteiger partial charge in [0.05, 0.1) is 19.6 Å². The number of hydrogen-bond donors (Lipinski definition) is 1. The van der Waals surface area contributed by atoms with E-state index in [0.29, 0.717) is 36.2 Å². The van der Waals surface area contributed by atoms with Crippen molar-refractivity contribution < 1.29 is 28.9 Å². The van der Waals surface area contributed by atoms with E-state index in [2.05, 4.69) is 29.2 Å². The van der Waals surface area contributed by atoms with Gasteiger partial charge in [-0.25, -0.2) is 4.79 Å². The summed E-state index contributed by atoms with van der Waals surface area (Å²) < 4.78 is 17.0. The summed E-state index contributed by atoms with van der Waals surface area (Å²) in [6, 6.07) is 26.9. The van der Waals surface area contributed by atoms with E-state index < -0.39 is 17.2 Å². The third kappa shape index (κ3) is 8.81. The molecule has 0 spiro atoms. The number of rotatable bonds is 13. The second kappa shape index (κ2) is 14.7. The highest BCUT2D eigenvalue weighted by Gasteiger charge is 2.46. The number of fused-ring (bicyclic) bond motifs is 1. The topological polar surface area (TPSA) is 85.3 Å². The normalized spacial score (nSPS) is 20.1. The molecule has 1 saturated heterocycles. The van der Waals surface area contributed by atoms with Crippen molar-refractivity contribution in [3.8, 4) is 0 Å². The van der Waals surface area contributed by atoms with E-state index in [1.165, 1.54) is 11.1 Å². The zero-order valence-electron chi connectivity index (χ0n) is 26.8. The lowest BCUT2D eigenvalue weighted by Crippen LogP contribution is -2.40. The summed E-state index contributed by atoms with van der Waals surface area (Å²) in [6.07, 6.45) is 3.56. The average Bonchev–Trinajstić information content (AvgIpc) is 3.58. The molecule has 0 amide bonds. The van der Waals surface area contributed by atoms with Crippen LogP contribution >= 0.6 is 0 Å². The minimum Gasteiger partial charge on any atom is -0.460 e. The maximum Gasteiger partial charge on any atom is 0.347 e. The number of hydrogen-bond acceptors (Lipinski definition) is 7. The summed E-state index contributed by atoms with van der Waals surface area (Å²) in [7, 11) is 0. The van der Waals surface area contributed by atoms with Crippen LogP contribution in [0.15, 0.2) is 84.9 Å². The fraction of sp³-hybridized carbons (Fsp3) is 0.474. The van der Waals surface area contributed by atoms with Crippen LogP contribution in [-0.2, 0) is 42.2 Å². The molecule has 45 heavy (non-hydrogen) atoms. The summed E-state index contributed by atoms with van der Waals surface area (Å²) in [5.41, 5.74) is 1.27. The molecule has 7 nitrogen and oxygen atoms in total. The third-order valence-corrected chi connectivity index (χ3v) is 8.88. The van der Waals surface area contributed by atoms with Gasteiger partial charge in [-0.05, 0) is 80.5 Å². The Hall–Kier alpha value is -3.52. The maximum atomic E-state index is 13.5. The maximum absolute atomic E-state index is 13.5. The van der Waals surface area contributed by atoms with Gasteiger partial charge in [0, 0.05) is 19.6 Å². The van der Waals surface area contributed by atoms with Crippen LogP contribution in [0.1, 0.15) is 62.3 Å². The summed E-state index contributed by atoms with van der Waals surface area (Å²) in [6.45, 7) is 9.57. The molecule has 5 rings (SSSR count). The van der Waals surface area contributed by atoms with Crippen molar-refractivity contribution in [2.45, 2.75) is 70.2 Å². The van der Waals surface area contributed by atoms with E-state index in [4.69, 9.17) is 14.2 Å². The van der Waals surface area contributed by atoms with E-state index in [1.807, 2.05) is 57.2 Å². The molecule has 0 radical (unpaired) electrons. The third-order valence-electron chi connectivity index (χ3n) is 8.88. The van der Waals surface area contributed by atoms with Gasteiger partial charge in [0.25, 0.3) is 0 Å². The SMILES string of the molecule is CC(C)(C)OC(=O)CCOCCc1ccc(CCN2C[C@H]3CC(OC(=O)C(O)(c4ccccc4)c4ccccc4)C[C@H]3C2)cc1. The van der Waals surface area contributed by atoms with E-state index >= 15 is 0 Å². The number of likely N-dealkylation sites (tertiary alicyclic amines) is 1. The second-order valence-electron chi connectivity index (χ2n) is 13.5. The zero-order chi connectivity index (χ0) is 31.9. The van der Waals surface area contributed by atoms with Crippen molar-refractivity contribution in [3.63, 3.8) is 0 Å². The molecule has 0 bridgehead atoms. The molecule has 1 aliphatic carbocycles. The molecule has 7 heteroatoms. The van der Waals surface area contributed by atoms with E-state index in [-0.39, 0.29) is 18.5 Å². The molecule has 1 unspecified atom stereocenters. The lowest BCUT2D eigenvalue weighted by molar-refractivity contribution is -0.168. The molecule has 1 heterocycles. The van der Waals surface area contributed by atoms with E-state index in [9.17, 15) is 14.7 Å². The second-order valence-corrected chi connectivity index (χ2v) is 13.5. The number of carbonyl (C=O) groups is 2. The highest BCUT2D eigenvalue weighted by Crippen LogP contribution is 2.41. The first-order valence-electron chi connectivity index (χ1n) is 16.2. The Labute approximate surface area is 267 Å². The van der Waals surface area contributed by atoms with Gasteiger partial charge in [-0.2, -0.15) is 0 Å². The summed E-state index contributed by atoms with van der Waals surface area (Å²) >= 11 is 0. The Morgan fingerprint density at radius 1 is 0.778 bits per heavy atom. The van der Waals surface area contributed by atoms with Crippen molar-refractivity contribution in [2.75, 3.05) is 32.8 Å². The molecule has 2 fully saturated rings. The molecule has 1 saturated carbocycles. The standard InChI is InChI=1S/C38H47NO6/c1-37(2,3)45-35(40)20-23-43-22-19-29-16-14-28(15-17-29)18-21-39-26-30-24-34(25-31(30)27-39)44-36(41)38(42,32-10-6-4-7-11-32)33-12-8-5-9-13-33/h4-17,30-31,34,42H,18-27H2,1-3H3/t30-,31+,34?. The van der Waals surface area contributed by atoms with Crippen LogP contribution < -0.4 is 0 Å². The van der Waals surface area contributed by atoms with Crippen molar-refractivity contribution >= 4 is 11.9 Å². The van der Waals surface area contributed by atoms with Gasteiger partial charge in [0.15, 0.2) is 0 Å². The minimum atomic E-state index is -1.84. The Balaban J connectivity index is 1.03. The van der Waals surface area contributed by atoms with Gasteiger partial charge in [-0.15, -0.1) is 0 Å². The molecular weight excluding hydrogens is 566 g/mol. The van der Waals surface area contributed by atoms with Crippen molar-refractivity contribution in [2.24, 2.45) is 11.8 Å². The van der Waals surface area contributed by atoms with E-state index in [0.717, 1.165) is 45.3 Å². The number of esters is 2. The fourth-order valence-corrected chi connectivity index (χ4v) is 6.62. The van der Waals surface area contributed by atoms with Gasteiger partial charge in [0.2, 0.25) is 5.60 Å². The van der Waals surface area contributed by atoms with Gasteiger partial charge in [-0.1, -0.05) is 84.9 Å². The van der Waals surface area contributed by atoms with Crippen molar-refractivity contribution in [3.05, 3.63) is 107 Å². The Kier molecular flexibility index (Phi) is 10.7. The summed E-state index contributed by atoms with van der Waals surface area (Å²) in [5.74, 6) is 0.175. The number of nitrogens with zero attached hydrogens (tertiary/aromatic N) is 1. The van der Waals surface area contributed by atoms with Crippen LogP contribution in [0.5, 0.6) is 0 Å². The lowest BCUT2D eigenvalue weighted by Gasteiger charge is -2.29. The molecule has 1 N–H and O–H groups in total. The predicted octanol–water partition coefficient (Wildman–Crippen LogP) is 5.71. The lowest BCUT2D eigenvalue weighted by atomic mass is 9.86.